The Labute approximate surface area is 167 Å². The molecule has 2 amide bonds. The largest absolute Gasteiger partial charge is 0.444 e. The number of rotatable bonds is 4. The van der Waals surface area contributed by atoms with E-state index in [0.717, 1.165) is 12.1 Å². The molecule has 0 fully saturated rings. The molecule has 0 aliphatic carbocycles. The lowest BCUT2D eigenvalue weighted by Crippen LogP contribution is -2.27. The van der Waals surface area contributed by atoms with Crippen molar-refractivity contribution in [2.75, 3.05) is 5.32 Å². The van der Waals surface area contributed by atoms with Gasteiger partial charge in [0.2, 0.25) is 0 Å². The second-order valence-corrected chi connectivity index (χ2v) is 7.52. The van der Waals surface area contributed by atoms with E-state index in [-0.39, 0.29) is 0 Å². The lowest BCUT2D eigenvalue weighted by molar-refractivity contribution is -0.137. The van der Waals surface area contributed by atoms with E-state index in [1.165, 1.54) is 36.4 Å². The molecule has 0 heterocycles. The summed E-state index contributed by atoms with van der Waals surface area (Å²) in [5.74, 6) is -0.446. The maximum Gasteiger partial charge on any atom is 0.416 e. The number of nitrogens with one attached hydrogen (secondary N) is 2. The van der Waals surface area contributed by atoms with Crippen LogP contribution in [0.2, 0.25) is 0 Å². The summed E-state index contributed by atoms with van der Waals surface area (Å²) in [6, 6.07) is 10.3. The van der Waals surface area contributed by atoms with E-state index in [0.29, 0.717) is 16.8 Å². The third-order valence-electron chi connectivity index (χ3n) is 3.85. The SMILES string of the molecule is CC(NC(=O)c1ccc(NC(=O)OC(C)(C)C)cc1)c1cccc(C(F)(F)F)c1. The zero-order chi connectivity index (χ0) is 21.8. The van der Waals surface area contributed by atoms with Crippen molar-refractivity contribution in [3.63, 3.8) is 0 Å². The number of ether oxygens (including phenoxy) is 1. The van der Waals surface area contributed by atoms with Gasteiger partial charge in [-0.1, -0.05) is 12.1 Å². The first-order chi connectivity index (χ1) is 13.3. The van der Waals surface area contributed by atoms with Crippen molar-refractivity contribution in [2.45, 2.75) is 45.5 Å². The second kappa shape index (κ2) is 8.55. The fourth-order valence-corrected chi connectivity index (χ4v) is 2.47. The molecule has 8 heteroatoms. The van der Waals surface area contributed by atoms with E-state index >= 15 is 0 Å². The normalized spacial score (nSPS) is 12.8. The number of hydrogen-bond acceptors (Lipinski definition) is 3. The maximum absolute atomic E-state index is 12.9. The van der Waals surface area contributed by atoms with Crippen molar-refractivity contribution < 1.29 is 27.5 Å². The molecule has 0 aliphatic heterocycles. The van der Waals surface area contributed by atoms with E-state index in [4.69, 9.17) is 4.74 Å². The van der Waals surface area contributed by atoms with Gasteiger partial charge in [-0.2, -0.15) is 13.2 Å². The zero-order valence-electron chi connectivity index (χ0n) is 16.6. The highest BCUT2D eigenvalue weighted by molar-refractivity contribution is 5.95. The number of halogens is 3. The molecule has 5 nitrogen and oxygen atoms in total. The third-order valence-corrected chi connectivity index (χ3v) is 3.85. The minimum absolute atomic E-state index is 0.304. The van der Waals surface area contributed by atoms with Crippen LogP contribution in [0, 0.1) is 0 Å². The van der Waals surface area contributed by atoms with E-state index in [9.17, 15) is 22.8 Å². The van der Waals surface area contributed by atoms with E-state index < -0.39 is 35.4 Å². The summed E-state index contributed by atoms with van der Waals surface area (Å²) < 4.78 is 43.7. The molecule has 0 bridgehead atoms. The Morgan fingerprint density at radius 2 is 1.62 bits per heavy atom. The van der Waals surface area contributed by atoms with E-state index in [2.05, 4.69) is 10.6 Å². The van der Waals surface area contributed by atoms with Crippen molar-refractivity contribution in [1.29, 1.82) is 0 Å². The number of benzene rings is 2. The third kappa shape index (κ3) is 6.81. The van der Waals surface area contributed by atoms with Gasteiger partial charge < -0.3 is 10.1 Å². The summed E-state index contributed by atoms with van der Waals surface area (Å²) in [6.45, 7) is 6.83. The quantitative estimate of drug-likeness (QED) is 0.698. The molecule has 0 saturated heterocycles. The first-order valence-electron chi connectivity index (χ1n) is 8.93. The molecule has 0 spiro atoms. The van der Waals surface area contributed by atoms with Crippen LogP contribution >= 0.6 is 0 Å². The molecule has 0 aromatic heterocycles. The molecule has 0 saturated carbocycles. The van der Waals surface area contributed by atoms with Gasteiger partial charge in [0, 0.05) is 11.3 Å². The molecule has 2 rings (SSSR count). The van der Waals surface area contributed by atoms with E-state index in [1.54, 1.807) is 27.7 Å². The predicted octanol–water partition coefficient (Wildman–Crippen LogP) is 5.54. The van der Waals surface area contributed by atoms with Crippen molar-refractivity contribution in [2.24, 2.45) is 0 Å². The van der Waals surface area contributed by atoms with Gasteiger partial charge in [0.15, 0.2) is 0 Å². The van der Waals surface area contributed by atoms with Gasteiger partial charge in [0.05, 0.1) is 11.6 Å². The fraction of sp³-hybridized carbons (Fsp3) is 0.333. The van der Waals surface area contributed by atoms with Crippen LogP contribution < -0.4 is 10.6 Å². The van der Waals surface area contributed by atoms with Crippen molar-refractivity contribution in [3.05, 3.63) is 65.2 Å². The highest BCUT2D eigenvalue weighted by Gasteiger charge is 2.30. The van der Waals surface area contributed by atoms with Crippen molar-refractivity contribution in [3.8, 4) is 0 Å². The highest BCUT2D eigenvalue weighted by atomic mass is 19.4. The molecule has 0 aliphatic rings. The highest BCUT2D eigenvalue weighted by Crippen LogP contribution is 2.30. The van der Waals surface area contributed by atoms with Gasteiger partial charge in [-0.25, -0.2) is 4.79 Å². The molecule has 2 aromatic rings. The van der Waals surface area contributed by atoms with Crippen LogP contribution in [0.1, 0.15) is 55.2 Å². The first-order valence-corrected chi connectivity index (χ1v) is 8.93. The molecule has 1 atom stereocenters. The minimum Gasteiger partial charge on any atom is -0.444 e. The Kier molecular flexibility index (Phi) is 6.56. The minimum atomic E-state index is -4.45. The standard InChI is InChI=1S/C21H23F3N2O3/c1-13(15-6-5-7-16(12-15)21(22,23)24)25-18(27)14-8-10-17(11-9-14)26-19(28)29-20(2,3)4/h5-13H,1-4H3,(H,25,27)(H,26,28). The van der Waals surface area contributed by atoms with Crippen LogP contribution in [0.25, 0.3) is 0 Å². The number of anilines is 1. The number of carbonyl (C=O) groups is 2. The lowest BCUT2D eigenvalue weighted by Gasteiger charge is -2.19. The topological polar surface area (TPSA) is 67.4 Å². The lowest BCUT2D eigenvalue weighted by atomic mass is 10.0. The molecular weight excluding hydrogens is 385 g/mol. The van der Waals surface area contributed by atoms with Gasteiger partial charge in [-0.15, -0.1) is 0 Å². The van der Waals surface area contributed by atoms with Gasteiger partial charge >= 0.3 is 12.3 Å². The summed E-state index contributed by atoms with van der Waals surface area (Å²) in [5.41, 5.74) is -0.311. The average Bonchev–Trinajstić information content (AvgIpc) is 2.60. The Morgan fingerprint density at radius 3 is 2.17 bits per heavy atom. The van der Waals surface area contributed by atoms with Gasteiger partial charge in [0.1, 0.15) is 5.60 Å². The predicted molar refractivity (Wildman–Crippen MR) is 104 cm³/mol. The molecule has 156 valence electrons. The number of hydrogen-bond donors (Lipinski definition) is 2. The van der Waals surface area contributed by atoms with Crippen LogP contribution in [0.3, 0.4) is 0 Å². The zero-order valence-corrected chi connectivity index (χ0v) is 16.6. The fourth-order valence-electron chi connectivity index (χ4n) is 2.47. The average molecular weight is 408 g/mol. The Hall–Kier alpha value is -3.03. The first kappa shape index (κ1) is 22.3. The van der Waals surface area contributed by atoms with Crippen LogP contribution in [-0.2, 0) is 10.9 Å². The van der Waals surface area contributed by atoms with Gasteiger partial charge in [0.25, 0.3) is 5.91 Å². The molecule has 0 radical (unpaired) electrons. The summed E-state index contributed by atoms with van der Waals surface area (Å²) in [7, 11) is 0. The molecular formula is C21H23F3N2O3. The Morgan fingerprint density at radius 1 is 1.00 bits per heavy atom. The number of alkyl halides is 3. The second-order valence-electron chi connectivity index (χ2n) is 7.52. The van der Waals surface area contributed by atoms with Crippen molar-refractivity contribution in [1.82, 2.24) is 5.32 Å². The number of amides is 2. The van der Waals surface area contributed by atoms with Crippen LogP contribution in [-0.4, -0.2) is 17.6 Å². The summed E-state index contributed by atoms with van der Waals surface area (Å²) in [6.07, 6.45) is -5.07. The molecule has 1 unspecified atom stereocenters. The molecule has 2 aromatic carbocycles. The van der Waals surface area contributed by atoms with Gasteiger partial charge in [-0.3, -0.25) is 10.1 Å². The summed E-state index contributed by atoms with van der Waals surface area (Å²) in [5, 5.41) is 5.22. The summed E-state index contributed by atoms with van der Waals surface area (Å²) in [4.78, 5) is 24.1. The monoisotopic (exact) mass is 408 g/mol. The molecule has 2 N–H and O–H groups in total. The van der Waals surface area contributed by atoms with Crippen LogP contribution in [0.15, 0.2) is 48.5 Å². The summed E-state index contributed by atoms with van der Waals surface area (Å²) >= 11 is 0. The van der Waals surface area contributed by atoms with E-state index in [1.807, 2.05) is 0 Å². The van der Waals surface area contributed by atoms with Crippen LogP contribution in [0.5, 0.6) is 0 Å². The Balaban J connectivity index is 2.01. The smallest absolute Gasteiger partial charge is 0.416 e. The van der Waals surface area contributed by atoms with Crippen LogP contribution in [0.4, 0.5) is 23.7 Å². The van der Waals surface area contributed by atoms with Gasteiger partial charge in [-0.05, 0) is 69.7 Å². The molecule has 29 heavy (non-hydrogen) atoms. The number of carbonyl (C=O) groups excluding carboxylic acids is 2. The van der Waals surface area contributed by atoms with Crippen molar-refractivity contribution >= 4 is 17.7 Å². The Bertz CT molecular complexity index is 872. The maximum atomic E-state index is 12.9.